The molecule has 2 atom stereocenters. The number of hydrogen-bond acceptors (Lipinski definition) is 6. The van der Waals surface area contributed by atoms with Gasteiger partial charge >= 0.3 is 5.97 Å². The highest BCUT2D eigenvalue weighted by Gasteiger charge is 2.42. The molecule has 0 saturated carbocycles. The van der Waals surface area contributed by atoms with Gasteiger partial charge in [-0.1, -0.05) is 12.1 Å². The summed E-state index contributed by atoms with van der Waals surface area (Å²) in [4.78, 5) is 30.8. The number of carbonyl (C=O) groups is 2. The maximum Gasteiger partial charge on any atom is 0.337 e. The zero-order chi connectivity index (χ0) is 27.5. The number of benzene rings is 2. The van der Waals surface area contributed by atoms with Gasteiger partial charge in [0.2, 0.25) is 5.91 Å². The number of aromatic nitrogens is 2. The number of rotatable bonds is 7. The quantitative estimate of drug-likeness (QED) is 0.254. The van der Waals surface area contributed by atoms with Gasteiger partial charge in [-0.05, 0) is 72.9 Å². The highest BCUT2D eigenvalue weighted by atomic mass is 32.1. The number of anilines is 2. The van der Waals surface area contributed by atoms with Gasteiger partial charge in [0.15, 0.2) is 5.11 Å². The first-order chi connectivity index (χ1) is 18.9. The minimum absolute atomic E-state index is 0.213. The van der Waals surface area contributed by atoms with E-state index in [9.17, 15) is 9.59 Å². The zero-order valence-electron chi connectivity index (χ0n) is 21.6. The van der Waals surface area contributed by atoms with Crippen LogP contribution in [0.25, 0.3) is 5.69 Å². The molecule has 3 heterocycles. The van der Waals surface area contributed by atoms with Crippen LogP contribution in [0.15, 0.2) is 85.2 Å². The lowest BCUT2D eigenvalue weighted by Gasteiger charge is -2.29. The Morgan fingerprint density at radius 2 is 1.85 bits per heavy atom. The summed E-state index contributed by atoms with van der Waals surface area (Å²) in [5.74, 6) is -0.0892. The molecule has 10 heteroatoms. The Morgan fingerprint density at radius 3 is 2.56 bits per heavy atom. The lowest BCUT2D eigenvalue weighted by molar-refractivity contribution is -0.114. The molecule has 1 amide bonds. The fourth-order valence-corrected chi connectivity index (χ4v) is 5.18. The molecule has 2 aromatic heterocycles. The largest absolute Gasteiger partial charge is 0.495 e. The SMILES string of the molecule is COC(=O)c1cccc(-n2cccc2[C@H]2[C@@H](c3ccccn3)NC(=S)N2c2ccc(OC)c(NC(C)=O)c2)c1. The summed E-state index contributed by atoms with van der Waals surface area (Å²) in [7, 11) is 2.91. The molecule has 1 saturated heterocycles. The number of hydrogen-bond donors (Lipinski definition) is 2. The summed E-state index contributed by atoms with van der Waals surface area (Å²) in [5.41, 5.74) is 4.27. The van der Waals surface area contributed by atoms with E-state index in [1.54, 1.807) is 31.5 Å². The topological polar surface area (TPSA) is 97.7 Å². The summed E-state index contributed by atoms with van der Waals surface area (Å²) < 4.78 is 12.4. The Bertz CT molecular complexity index is 1540. The molecule has 2 N–H and O–H groups in total. The van der Waals surface area contributed by atoms with Gasteiger partial charge in [0.05, 0.1) is 37.2 Å². The molecule has 9 nitrogen and oxygen atoms in total. The molecule has 0 unspecified atom stereocenters. The third-order valence-electron chi connectivity index (χ3n) is 6.50. The fourth-order valence-electron chi connectivity index (χ4n) is 4.84. The number of methoxy groups -OCH3 is 2. The summed E-state index contributed by atoms with van der Waals surface area (Å²) in [6.45, 7) is 1.45. The van der Waals surface area contributed by atoms with Crippen molar-refractivity contribution in [2.24, 2.45) is 0 Å². The van der Waals surface area contributed by atoms with Gasteiger partial charge in [0, 0.05) is 36.4 Å². The van der Waals surface area contributed by atoms with Crippen molar-refractivity contribution < 1.29 is 19.1 Å². The second-order valence-electron chi connectivity index (χ2n) is 8.91. The van der Waals surface area contributed by atoms with Crippen LogP contribution in [-0.4, -0.2) is 40.8 Å². The predicted molar refractivity (Wildman–Crippen MR) is 152 cm³/mol. The maximum absolute atomic E-state index is 12.2. The highest BCUT2D eigenvalue weighted by Crippen LogP contribution is 2.43. The smallest absolute Gasteiger partial charge is 0.337 e. The van der Waals surface area contributed by atoms with Crippen molar-refractivity contribution in [3.63, 3.8) is 0 Å². The molecule has 0 bridgehead atoms. The molecular formula is C29H27N5O4S. The summed E-state index contributed by atoms with van der Waals surface area (Å²) in [6.07, 6.45) is 3.69. The minimum atomic E-state index is -0.411. The van der Waals surface area contributed by atoms with E-state index in [0.29, 0.717) is 22.1 Å². The predicted octanol–water partition coefficient (Wildman–Crippen LogP) is 4.80. The van der Waals surface area contributed by atoms with Gasteiger partial charge in [-0.3, -0.25) is 9.78 Å². The second-order valence-corrected chi connectivity index (χ2v) is 9.29. The van der Waals surface area contributed by atoms with Crippen molar-refractivity contribution in [1.29, 1.82) is 0 Å². The number of nitrogens with zero attached hydrogens (tertiary/aromatic N) is 3. The number of ether oxygens (including phenoxy) is 2. The van der Waals surface area contributed by atoms with Crippen molar-refractivity contribution in [3.05, 3.63) is 102 Å². The number of esters is 1. The molecule has 0 spiro atoms. The third-order valence-corrected chi connectivity index (χ3v) is 6.81. The Labute approximate surface area is 231 Å². The molecule has 4 aromatic rings. The molecular weight excluding hydrogens is 514 g/mol. The van der Waals surface area contributed by atoms with Crippen molar-refractivity contribution in [2.45, 2.75) is 19.0 Å². The van der Waals surface area contributed by atoms with Crippen molar-refractivity contribution in [3.8, 4) is 11.4 Å². The van der Waals surface area contributed by atoms with Crippen molar-refractivity contribution in [2.75, 3.05) is 24.4 Å². The van der Waals surface area contributed by atoms with E-state index >= 15 is 0 Å². The van der Waals surface area contributed by atoms with Gasteiger partial charge in [-0.2, -0.15) is 0 Å². The van der Waals surface area contributed by atoms with Crippen LogP contribution in [0.1, 0.15) is 40.8 Å². The van der Waals surface area contributed by atoms with Gasteiger partial charge in [-0.25, -0.2) is 4.79 Å². The van der Waals surface area contributed by atoms with E-state index < -0.39 is 5.97 Å². The molecule has 1 aliphatic rings. The standard InChI is InChI=1S/C29H27N5O4S/c1-18(35)31-23-17-21(12-13-25(23)37-2)34-27(26(32-29(34)39)22-10-4-5-14-30-22)24-11-7-15-33(24)20-9-6-8-19(16-20)28(36)38-3/h4-17,26-27H,1-3H3,(H,31,35)(H,32,39)/t26-,27+/m1/s1. The van der Waals surface area contributed by atoms with Crippen LogP contribution < -0.4 is 20.3 Å². The Hall–Kier alpha value is -4.70. The second kappa shape index (κ2) is 11.0. The van der Waals surface area contributed by atoms with E-state index in [-0.39, 0.29) is 18.0 Å². The van der Waals surface area contributed by atoms with E-state index in [2.05, 4.69) is 15.6 Å². The first-order valence-electron chi connectivity index (χ1n) is 12.2. The first kappa shape index (κ1) is 25.9. The number of amides is 1. The summed E-state index contributed by atoms with van der Waals surface area (Å²) in [6, 6.07) is 21.9. The molecule has 5 rings (SSSR count). The average Bonchev–Trinajstić information content (AvgIpc) is 3.57. The Balaban J connectivity index is 1.66. The molecule has 1 aliphatic heterocycles. The van der Waals surface area contributed by atoms with Crippen LogP contribution in [0.3, 0.4) is 0 Å². The first-order valence-corrected chi connectivity index (χ1v) is 12.6. The van der Waals surface area contributed by atoms with Gasteiger partial charge in [0.25, 0.3) is 0 Å². The maximum atomic E-state index is 12.2. The van der Waals surface area contributed by atoms with E-state index in [1.807, 2.05) is 70.3 Å². The van der Waals surface area contributed by atoms with Crippen LogP contribution in [0, 0.1) is 0 Å². The van der Waals surface area contributed by atoms with Crippen LogP contribution in [0.2, 0.25) is 0 Å². The van der Waals surface area contributed by atoms with Crippen LogP contribution in [-0.2, 0) is 9.53 Å². The number of carbonyl (C=O) groups excluding carboxylic acids is 2. The molecule has 0 aliphatic carbocycles. The third kappa shape index (κ3) is 5.06. The van der Waals surface area contributed by atoms with Gasteiger partial charge in [0.1, 0.15) is 11.8 Å². The van der Waals surface area contributed by atoms with Gasteiger partial charge < -0.3 is 29.6 Å². The lowest BCUT2D eigenvalue weighted by Crippen LogP contribution is -2.30. The lowest BCUT2D eigenvalue weighted by atomic mass is 10.0. The van der Waals surface area contributed by atoms with Gasteiger partial charge in [-0.15, -0.1) is 0 Å². The molecule has 39 heavy (non-hydrogen) atoms. The Kier molecular flexibility index (Phi) is 7.29. The normalized spacial score (nSPS) is 16.5. The summed E-state index contributed by atoms with van der Waals surface area (Å²) >= 11 is 5.87. The fraction of sp³-hybridized carbons (Fsp3) is 0.172. The molecule has 0 radical (unpaired) electrons. The molecule has 198 valence electrons. The van der Waals surface area contributed by atoms with E-state index in [0.717, 1.165) is 22.8 Å². The monoisotopic (exact) mass is 541 g/mol. The average molecular weight is 542 g/mol. The minimum Gasteiger partial charge on any atom is -0.495 e. The number of pyridine rings is 1. The zero-order valence-corrected chi connectivity index (χ0v) is 22.4. The van der Waals surface area contributed by atoms with Crippen molar-refractivity contribution >= 4 is 40.6 Å². The number of nitrogens with one attached hydrogen (secondary N) is 2. The molecule has 2 aromatic carbocycles. The van der Waals surface area contributed by atoms with Crippen molar-refractivity contribution in [1.82, 2.24) is 14.9 Å². The van der Waals surface area contributed by atoms with E-state index in [4.69, 9.17) is 21.7 Å². The Morgan fingerprint density at radius 1 is 1.00 bits per heavy atom. The molecule has 1 fully saturated rings. The highest BCUT2D eigenvalue weighted by molar-refractivity contribution is 7.80. The van der Waals surface area contributed by atoms with Crippen LogP contribution >= 0.6 is 12.2 Å². The van der Waals surface area contributed by atoms with Crippen LogP contribution in [0.4, 0.5) is 11.4 Å². The summed E-state index contributed by atoms with van der Waals surface area (Å²) in [5, 5.41) is 6.80. The number of thiocarbonyl (C=S) groups is 1. The van der Waals surface area contributed by atoms with E-state index in [1.165, 1.54) is 14.0 Å². The van der Waals surface area contributed by atoms with Crippen LogP contribution in [0.5, 0.6) is 5.75 Å².